The highest BCUT2D eigenvalue weighted by Gasteiger charge is 2.18. The third-order valence-electron chi connectivity index (χ3n) is 3.36. The van der Waals surface area contributed by atoms with Crippen LogP contribution in [0.1, 0.15) is 17.4 Å². The van der Waals surface area contributed by atoms with Crippen LogP contribution in [0.25, 0.3) is 21.9 Å². The van der Waals surface area contributed by atoms with Crippen LogP contribution in [0, 0.1) is 0 Å². The number of pyridine rings is 1. The van der Waals surface area contributed by atoms with Crippen LogP contribution in [0.5, 0.6) is 0 Å². The summed E-state index contributed by atoms with van der Waals surface area (Å²) in [4.78, 5) is 32.1. The monoisotopic (exact) mass is 306 g/mol. The summed E-state index contributed by atoms with van der Waals surface area (Å²) in [6, 6.07) is 17.2. The number of hydroxylamine groups is 1. The predicted molar refractivity (Wildman–Crippen MR) is 86.4 cm³/mol. The molecule has 3 aromatic rings. The van der Waals surface area contributed by atoms with Crippen molar-refractivity contribution in [2.75, 3.05) is 0 Å². The van der Waals surface area contributed by atoms with Crippen LogP contribution in [0.4, 0.5) is 0 Å². The standard InChI is InChI=1S/C18H14N2O3/c1-12(21)23-20-18(22)17-16(13-7-3-2-4-8-13)15-10-6-5-9-14(15)11-19-17/h2-11H,1H3,(H,20,22). The van der Waals surface area contributed by atoms with Gasteiger partial charge in [0.25, 0.3) is 0 Å². The van der Waals surface area contributed by atoms with Gasteiger partial charge in [0.15, 0.2) is 0 Å². The molecular formula is C18H14N2O3. The largest absolute Gasteiger partial charge is 0.341 e. The van der Waals surface area contributed by atoms with Gasteiger partial charge < -0.3 is 4.84 Å². The fraction of sp³-hybridized carbons (Fsp3) is 0.0556. The molecule has 0 aliphatic rings. The molecule has 0 aliphatic carbocycles. The third kappa shape index (κ3) is 3.03. The van der Waals surface area contributed by atoms with E-state index in [4.69, 9.17) is 0 Å². The van der Waals surface area contributed by atoms with E-state index in [0.29, 0.717) is 5.56 Å². The first-order valence-electron chi connectivity index (χ1n) is 7.08. The quantitative estimate of drug-likeness (QED) is 0.739. The Balaban J connectivity index is 2.18. The number of carbonyl (C=O) groups excluding carboxylic acids is 2. The molecule has 0 unspecified atom stereocenters. The van der Waals surface area contributed by atoms with Gasteiger partial charge in [0.2, 0.25) is 0 Å². The fourth-order valence-electron chi connectivity index (χ4n) is 2.40. The first kappa shape index (κ1) is 14.7. The highest BCUT2D eigenvalue weighted by Crippen LogP contribution is 2.30. The lowest BCUT2D eigenvalue weighted by molar-refractivity contribution is -0.146. The molecule has 1 aromatic heterocycles. The molecule has 5 nitrogen and oxygen atoms in total. The van der Waals surface area contributed by atoms with E-state index >= 15 is 0 Å². The summed E-state index contributed by atoms with van der Waals surface area (Å²) < 4.78 is 0. The minimum absolute atomic E-state index is 0.205. The molecule has 3 rings (SSSR count). The number of amides is 1. The number of benzene rings is 2. The number of hydrogen-bond acceptors (Lipinski definition) is 4. The topological polar surface area (TPSA) is 68.3 Å². The molecule has 0 atom stereocenters. The molecule has 0 fully saturated rings. The summed E-state index contributed by atoms with van der Waals surface area (Å²) in [5.41, 5.74) is 3.89. The van der Waals surface area contributed by atoms with Gasteiger partial charge in [0.05, 0.1) is 0 Å². The van der Waals surface area contributed by atoms with Gasteiger partial charge in [0, 0.05) is 24.1 Å². The number of nitrogens with zero attached hydrogens (tertiary/aromatic N) is 1. The Morgan fingerprint density at radius 1 is 1.00 bits per heavy atom. The zero-order chi connectivity index (χ0) is 16.2. The van der Waals surface area contributed by atoms with Crippen LogP contribution >= 0.6 is 0 Å². The van der Waals surface area contributed by atoms with Gasteiger partial charge in [-0.2, -0.15) is 5.48 Å². The van der Waals surface area contributed by atoms with E-state index in [2.05, 4.69) is 15.3 Å². The maximum absolute atomic E-state index is 12.3. The maximum Gasteiger partial charge on any atom is 0.329 e. The molecule has 1 N–H and O–H groups in total. The molecule has 1 heterocycles. The van der Waals surface area contributed by atoms with Crippen LogP contribution in [0.2, 0.25) is 0 Å². The van der Waals surface area contributed by atoms with E-state index in [-0.39, 0.29) is 5.69 Å². The van der Waals surface area contributed by atoms with Crippen molar-refractivity contribution in [1.29, 1.82) is 0 Å². The van der Waals surface area contributed by atoms with Crippen molar-refractivity contribution in [3.05, 3.63) is 66.5 Å². The molecule has 0 saturated heterocycles. The molecular weight excluding hydrogens is 292 g/mol. The van der Waals surface area contributed by atoms with E-state index in [1.807, 2.05) is 54.6 Å². The van der Waals surface area contributed by atoms with Gasteiger partial charge in [-0.1, -0.05) is 54.6 Å². The van der Waals surface area contributed by atoms with Crippen LogP contribution in [0.15, 0.2) is 60.8 Å². The second-order valence-electron chi connectivity index (χ2n) is 4.96. The van der Waals surface area contributed by atoms with Gasteiger partial charge in [0.1, 0.15) is 5.69 Å². The summed E-state index contributed by atoms with van der Waals surface area (Å²) >= 11 is 0. The summed E-state index contributed by atoms with van der Waals surface area (Å²) in [6.45, 7) is 1.21. The molecule has 2 aromatic carbocycles. The normalized spacial score (nSPS) is 10.3. The highest BCUT2D eigenvalue weighted by molar-refractivity contribution is 6.08. The van der Waals surface area contributed by atoms with Crippen molar-refractivity contribution >= 4 is 22.6 Å². The van der Waals surface area contributed by atoms with Gasteiger partial charge >= 0.3 is 11.9 Å². The van der Waals surface area contributed by atoms with Crippen molar-refractivity contribution in [1.82, 2.24) is 10.5 Å². The zero-order valence-corrected chi connectivity index (χ0v) is 12.4. The van der Waals surface area contributed by atoms with Crippen LogP contribution < -0.4 is 5.48 Å². The van der Waals surface area contributed by atoms with E-state index in [9.17, 15) is 9.59 Å². The molecule has 5 heteroatoms. The Hall–Kier alpha value is -3.21. The Bertz CT molecular complexity index is 876. The molecule has 0 saturated carbocycles. The van der Waals surface area contributed by atoms with Crippen molar-refractivity contribution < 1.29 is 14.4 Å². The first-order chi connectivity index (χ1) is 11.2. The van der Waals surface area contributed by atoms with Gasteiger partial charge in [-0.05, 0) is 10.9 Å². The Labute approximate surface area is 132 Å². The SMILES string of the molecule is CC(=O)ONC(=O)c1ncc2ccccc2c1-c1ccccc1. The van der Waals surface area contributed by atoms with E-state index in [0.717, 1.165) is 16.3 Å². The van der Waals surface area contributed by atoms with Crippen molar-refractivity contribution in [3.63, 3.8) is 0 Å². The van der Waals surface area contributed by atoms with Crippen LogP contribution in [-0.2, 0) is 9.63 Å². The average Bonchev–Trinajstić information content (AvgIpc) is 2.59. The lowest BCUT2D eigenvalue weighted by Gasteiger charge is -2.12. The second kappa shape index (κ2) is 6.27. The van der Waals surface area contributed by atoms with E-state index in [1.54, 1.807) is 6.20 Å². The molecule has 114 valence electrons. The van der Waals surface area contributed by atoms with Crippen molar-refractivity contribution in [3.8, 4) is 11.1 Å². The van der Waals surface area contributed by atoms with Crippen LogP contribution in [-0.4, -0.2) is 16.9 Å². The van der Waals surface area contributed by atoms with Crippen molar-refractivity contribution in [2.45, 2.75) is 6.92 Å². The van der Waals surface area contributed by atoms with Gasteiger partial charge in [-0.15, -0.1) is 0 Å². The smallest absolute Gasteiger partial charge is 0.329 e. The van der Waals surface area contributed by atoms with E-state index in [1.165, 1.54) is 6.92 Å². The molecule has 0 spiro atoms. The first-order valence-corrected chi connectivity index (χ1v) is 7.08. The van der Waals surface area contributed by atoms with Gasteiger partial charge in [-0.25, -0.2) is 4.98 Å². The Morgan fingerprint density at radius 3 is 2.43 bits per heavy atom. The predicted octanol–water partition coefficient (Wildman–Crippen LogP) is 3.11. The van der Waals surface area contributed by atoms with Crippen LogP contribution in [0.3, 0.4) is 0 Å². The minimum Gasteiger partial charge on any atom is -0.341 e. The Morgan fingerprint density at radius 2 is 1.70 bits per heavy atom. The number of aromatic nitrogens is 1. The lowest BCUT2D eigenvalue weighted by Crippen LogP contribution is -2.27. The molecule has 0 bridgehead atoms. The zero-order valence-electron chi connectivity index (χ0n) is 12.4. The number of hydrogen-bond donors (Lipinski definition) is 1. The summed E-state index contributed by atoms with van der Waals surface area (Å²) in [5.74, 6) is -1.16. The van der Waals surface area contributed by atoms with Crippen molar-refractivity contribution in [2.24, 2.45) is 0 Å². The lowest BCUT2D eigenvalue weighted by atomic mass is 9.97. The summed E-state index contributed by atoms with van der Waals surface area (Å²) in [5, 5.41) is 1.83. The maximum atomic E-state index is 12.3. The molecule has 0 aliphatic heterocycles. The molecule has 0 radical (unpaired) electrons. The molecule has 23 heavy (non-hydrogen) atoms. The Kier molecular flexibility index (Phi) is 4.01. The number of fused-ring (bicyclic) bond motifs is 1. The number of nitrogens with one attached hydrogen (secondary N) is 1. The minimum atomic E-state index is -0.597. The molecule has 1 amide bonds. The summed E-state index contributed by atoms with van der Waals surface area (Å²) in [7, 11) is 0. The van der Waals surface area contributed by atoms with E-state index < -0.39 is 11.9 Å². The fourth-order valence-corrected chi connectivity index (χ4v) is 2.40. The summed E-state index contributed by atoms with van der Waals surface area (Å²) in [6.07, 6.45) is 1.63. The van der Waals surface area contributed by atoms with Gasteiger partial charge in [-0.3, -0.25) is 9.59 Å². The highest BCUT2D eigenvalue weighted by atomic mass is 16.7. The second-order valence-corrected chi connectivity index (χ2v) is 4.96. The number of rotatable bonds is 2. The average molecular weight is 306 g/mol. The third-order valence-corrected chi connectivity index (χ3v) is 3.36. The number of carbonyl (C=O) groups is 2.